The van der Waals surface area contributed by atoms with Gasteiger partial charge in [-0.3, -0.25) is 5.10 Å². The quantitative estimate of drug-likeness (QED) is 0.614. The molecule has 0 atom stereocenters. The summed E-state index contributed by atoms with van der Waals surface area (Å²) in [6.45, 7) is 0. The highest BCUT2D eigenvalue weighted by molar-refractivity contribution is 5.62. The van der Waals surface area contributed by atoms with Gasteiger partial charge in [0.25, 0.3) is 0 Å². The number of H-pyrrole nitrogens is 1. The standard InChI is InChI=1S/C9H16N4/c10-7-8(12-13-9(7)11)6-4-2-1-3-5-6/h6H,1-5,10H2,(H3,11,12,13). The molecule has 1 aromatic heterocycles. The summed E-state index contributed by atoms with van der Waals surface area (Å²) in [7, 11) is 0. The SMILES string of the molecule is Nc1n[nH]c(C2CCCCC2)c1N. The van der Waals surface area contributed by atoms with Gasteiger partial charge in [0, 0.05) is 5.92 Å². The molecule has 1 aliphatic rings. The number of aromatic nitrogens is 2. The lowest BCUT2D eigenvalue weighted by Crippen LogP contribution is -2.07. The Labute approximate surface area is 77.7 Å². The summed E-state index contributed by atoms with van der Waals surface area (Å²) in [5.41, 5.74) is 13.1. The van der Waals surface area contributed by atoms with Crippen LogP contribution in [0.25, 0.3) is 0 Å². The average Bonchev–Trinajstić information content (AvgIpc) is 2.49. The first-order valence-corrected chi connectivity index (χ1v) is 4.88. The van der Waals surface area contributed by atoms with Crippen LogP contribution in [0.3, 0.4) is 0 Å². The van der Waals surface area contributed by atoms with E-state index in [2.05, 4.69) is 10.2 Å². The highest BCUT2D eigenvalue weighted by Gasteiger charge is 2.20. The Morgan fingerprint density at radius 3 is 2.38 bits per heavy atom. The van der Waals surface area contributed by atoms with Crippen LogP contribution in [0.15, 0.2) is 0 Å². The van der Waals surface area contributed by atoms with Crippen molar-refractivity contribution in [1.82, 2.24) is 10.2 Å². The van der Waals surface area contributed by atoms with Crippen LogP contribution in [0.4, 0.5) is 11.5 Å². The Kier molecular flexibility index (Phi) is 2.12. The van der Waals surface area contributed by atoms with Gasteiger partial charge in [-0.25, -0.2) is 0 Å². The number of nitrogens with two attached hydrogens (primary N) is 2. The Morgan fingerprint density at radius 2 is 1.85 bits per heavy atom. The molecule has 1 aliphatic carbocycles. The van der Waals surface area contributed by atoms with Crippen LogP contribution in [0.1, 0.15) is 43.7 Å². The third kappa shape index (κ3) is 1.48. The fourth-order valence-corrected chi connectivity index (χ4v) is 2.08. The van der Waals surface area contributed by atoms with Crippen molar-refractivity contribution in [2.45, 2.75) is 38.0 Å². The van der Waals surface area contributed by atoms with Crippen molar-refractivity contribution in [3.8, 4) is 0 Å². The molecular weight excluding hydrogens is 164 g/mol. The smallest absolute Gasteiger partial charge is 0.168 e. The summed E-state index contributed by atoms with van der Waals surface area (Å²) in [5.74, 6) is 0.999. The van der Waals surface area contributed by atoms with Crippen LogP contribution in [0, 0.1) is 0 Å². The van der Waals surface area contributed by atoms with E-state index in [-0.39, 0.29) is 0 Å². The molecule has 2 rings (SSSR count). The van der Waals surface area contributed by atoms with E-state index in [0.29, 0.717) is 17.4 Å². The first kappa shape index (κ1) is 8.41. The Bertz CT molecular complexity index is 286. The minimum absolute atomic E-state index is 0.445. The first-order chi connectivity index (χ1) is 6.29. The average molecular weight is 180 g/mol. The van der Waals surface area contributed by atoms with Gasteiger partial charge in [-0.1, -0.05) is 19.3 Å². The summed E-state index contributed by atoms with van der Waals surface area (Å²) in [5, 5.41) is 6.86. The first-order valence-electron chi connectivity index (χ1n) is 4.88. The molecule has 1 fully saturated rings. The molecule has 0 aliphatic heterocycles. The molecule has 0 aromatic carbocycles. The molecule has 4 nitrogen and oxygen atoms in total. The van der Waals surface area contributed by atoms with E-state index in [1.54, 1.807) is 0 Å². The Hall–Kier alpha value is -1.19. The van der Waals surface area contributed by atoms with Crippen LogP contribution in [-0.2, 0) is 0 Å². The second-order valence-corrected chi connectivity index (χ2v) is 3.77. The maximum Gasteiger partial charge on any atom is 0.168 e. The second kappa shape index (κ2) is 3.28. The molecule has 72 valence electrons. The normalized spacial score (nSPS) is 19.1. The van der Waals surface area contributed by atoms with Crippen molar-refractivity contribution in [3.63, 3.8) is 0 Å². The molecule has 1 saturated carbocycles. The fourth-order valence-electron chi connectivity index (χ4n) is 2.08. The van der Waals surface area contributed by atoms with Crippen LogP contribution < -0.4 is 11.5 Å². The van der Waals surface area contributed by atoms with Crippen molar-refractivity contribution in [3.05, 3.63) is 5.69 Å². The molecule has 0 unspecified atom stereocenters. The number of hydrogen-bond acceptors (Lipinski definition) is 3. The Morgan fingerprint density at radius 1 is 1.15 bits per heavy atom. The predicted molar refractivity (Wildman–Crippen MR) is 53.2 cm³/mol. The molecule has 0 radical (unpaired) electrons. The van der Waals surface area contributed by atoms with E-state index >= 15 is 0 Å². The van der Waals surface area contributed by atoms with Gasteiger partial charge >= 0.3 is 0 Å². The highest BCUT2D eigenvalue weighted by Crippen LogP contribution is 2.35. The highest BCUT2D eigenvalue weighted by atomic mass is 15.2. The van der Waals surface area contributed by atoms with Crippen LogP contribution in [0.5, 0.6) is 0 Å². The van der Waals surface area contributed by atoms with Gasteiger partial charge in [-0.15, -0.1) is 0 Å². The van der Waals surface area contributed by atoms with Gasteiger partial charge in [0.05, 0.1) is 11.4 Å². The topological polar surface area (TPSA) is 80.7 Å². The van der Waals surface area contributed by atoms with E-state index < -0.39 is 0 Å². The van der Waals surface area contributed by atoms with Gasteiger partial charge < -0.3 is 11.5 Å². The summed E-state index contributed by atoms with van der Waals surface area (Å²) < 4.78 is 0. The van der Waals surface area contributed by atoms with Crippen LogP contribution >= 0.6 is 0 Å². The number of rotatable bonds is 1. The van der Waals surface area contributed by atoms with Gasteiger partial charge in [0.15, 0.2) is 5.82 Å². The zero-order chi connectivity index (χ0) is 9.26. The fraction of sp³-hybridized carbons (Fsp3) is 0.667. The van der Waals surface area contributed by atoms with Gasteiger partial charge in [0.1, 0.15) is 0 Å². The third-order valence-corrected chi connectivity index (χ3v) is 2.88. The summed E-state index contributed by atoms with van der Waals surface area (Å²) >= 11 is 0. The number of nitrogens with zero attached hydrogens (tertiary/aromatic N) is 1. The van der Waals surface area contributed by atoms with Crippen molar-refractivity contribution in [1.29, 1.82) is 0 Å². The van der Waals surface area contributed by atoms with E-state index in [4.69, 9.17) is 11.5 Å². The van der Waals surface area contributed by atoms with E-state index in [1.165, 1.54) is 32.1 Å². The zero-order valence-electron chi connectivity index (χ0n) is 7.71. The monoisotopic (exact) mass is 180 g/mol. The lowest BCUT2D eigenvalue weighted by atomic mass is 9.86. The van der Waals surface area contributed by atoms with E-state index in [1.807, 2.05) is 0 Å². The number of nitrogens with one attached hydrogen (secondary N) is 1. The molecule has 0 amide bonds. The van der Waals surface area contributed by atoms with Gasteiger partial charge in [-0.05, 0) is 12.8 Å². The molecule has 1 heterocycles. The van der Waals surface area contributed by atoms with Crippen LogP contribution in [0.2, 0.25) is 0 Å². The maximum absolute atomic E-state index is 5.81. The van der Waals surface area contributed by atoms with E-state index in [0.717, 1.165) is 5.69 Å². The maximum atomic E-state index is 5.81. The predicted octanol–water partition coefficient (Wildman–Crippen LogP) is 1.62. The largest absolute Gasteiger partial charge is 0.394 e. The molecule has 1 aromatic rings. The summed E-state index contributed by atoms with van der Waals surface area (Å²) in [4.78, 5) is 0. The minimum Gasteiger partial charge on any atom is -0.394 e. The molecule has 13 heavy (non-hydrogen) atoms. The zero-order valence-corrected chi connectivity index (χ0v) is 7.71. The lowest BCUT2D eigenvalue weighted by molar-refractivity contribution is 0.437. The second-order valence-electron chi connectivity index (χ2n) is 3.77. The van der Waals surface area contributed by atoms with E-state index in [9.17, 15) is 0 Å². The number of hydrogen-bond donors (Lipinski definition) is 3. The van der Waals surface area contributed by atoms with Gasteiger partial charge in [-0.2, -0.15) is 5.10 Å². The summed E-state index contributed by atoms with van der Waals surface area (Å²) in [6.07, 6.45) is 6.36. The molecule has 0 saturated heterocycles. The molecular formula is C9H16N4. The molecule has 0 bridgehead atoms. The van der Waals surface area contributed by atoms with Crippen molar-refractivity contribution >= 4 is 11.5 Å². The van der Waals surface area contributed by atoms with Gasteiger partial charge in [0.2, 0.25) is 0 Å². The molecule has 5 N–H and O–H groups in total. The number of nitrogen functional groups attached to an aromatic ring is 2. The third-order valence-electron chi connectivity index (χ3n) is 2.88. The minimum atomic E-state index is 0.445. The lowest BCUT2D eigenvalue weighted by Gasteiger charge is -2.20. The number of anilines is 2. The molecule has 4 heteroatoms. The summed E-state index contributed by atoms with van der Waals surface area (Å²) in [6, 6.07) is 0. The van der Waals surface area contributed by atoms with Crippen molar-refractivity contribution < 1.29 is 0 Å². The number of aromatic amines is 1. The Balaban J connectivity index is 2.18. The van der Waals surface area contributed by atoms with Crippen molar-refractivity contribution in [2.75, 3.05) is 11.5 Å². The van der Waals surface area contributed by atoms with Crippen molar-refractivity contribution in [2.24, 2.45) is 0 Å². The molecule has 0 spiro atoms. The van der Waals surface area contributed by atoms with Crippen LogP contribution in [-0.4, -0.2) is 10.2 Å².